The first-order chi connectivity index (χ1) is 12.8. The molecule has 1 nitrogen and oxygen atoms in total. The molecule has 0 aliphatic carbocycles. The molecule has 0 radical (unpaired) electrons. The third kappa shape index (κ3) is 4.49. The van der Waals surface area contributed by atoms with Crippen LogP contribution < -0.4 is 0 Å². The summed E-state index contributed by atoms with van der Waals surface area (Å²) in [5.41, 5.74) is 4.57. The van der Waals surface area contributed by atoms with Crippen molar-refractivity contribution in [1.82, 2.24) is 0 Å². The van der Waals surface area contributed by atoms with Crippen molar-refractivity contribution in [3.63, 3.8) is 0 Å². The fourth-order valence-electron chi connectivity index (χ4n) is 3.41. The van der Waals surface area contributed by atoms with Crippen LogP contribution in [-0.2, 0) is 0 Å². The summed E-state index contributed by atoms with van der Waals surface area (Å²) in [6, 6.07) is 29.3. The zero-order chi connectivity index (χ0) is 18.2. The molecule has 0 aliphatic heterocycles. The highest BCUT2D eigenvalue weighted by molar-refractivity contribution is 5.96. The summed E-state index contributed by atoms with van der Waals surface area (Å²) in [4.78, 5) is 12.3. The van der Waals surface area contributed by atoms with Crippen molar-refractivity contribution in [3.8, 4) is 0 Å². The summed E-state index contributed by atoms with van der Waals surface area (Å²) < 4.78 is 0. The van der Waals surface area contributed by atoms with Crippen LogP contribution in [0.3, 0.4) is 0 Å². The summed E-state index contributed by atoms with van der Waals surface area (Å²) >= 11 is 0. The van der Waals surface area contributed by atoms with E-state index in [4.69, 9.17) is 0 Å². The minimum atomic E-state index is 0.182. The van der Waals surface area contributed by atoms with E-state index in [-0.39, 0.29) is 11.7 Å². The second-order valence-electron chi connectivity index (χ2n) is 6.76. The molecule has 0 N–H and O–H groups in total. The van der Waals surface area contributed by atoms with Gasteiger partial charge in [-0.1, -0.05) is 105 Å². The van der Waals surface area contributed by atoms with Gasteiger partial charge < -0.3 is 0 Å². The first-order valence-corrected chi connectivity index (χ1v) is 9.52. The second kappa shape index (κ2) is 9.15. The normalized spacial score (nSPS) is 10.8. The van der Waals surface area contributed by atoms with Crippen molar-refractivity contribution in [2.24, 2.45) is 0 Å². The molecular formula is C25H26O. The molecule has 0 aromatic heterocycles. The molecule has 132 valence electrons. The fraction of sp³-hybridized carbons (Fsp3) is 0.240. The van der Waals surface area contributed by atoms with E-state index < -0.39 is 0 Å². The molecule has 0 saturated carbocycles. The molecule has 1 heteroatoms. The zero-order valence-corrected chi connectivity index (χ0v) is 15.4. The predicted octanol–water partition coefficient (Wildman–Crippen LogP) is 6.63. The molecule has 0 unspecified atom stereocenters. The standard InChI is InChI=1S/C25H26O/c1-2-3-6-15-24(26)20-16-18-23(19-17-20)25(21-11-7-4-8-12-21)22-13-9-5-10-14-22/h4-5,7-14,16-19,25H,2-3,6,15H2,1H3. The molecule has 0 atom stereocenters. The summed E-state index contributed by atoms with van der Waals surface area (Å²) in [5.74, 6) is 0.433. The highest BCUT2D eigenvalue weighted by Gasteiger charge is 2.16. The van der Waals surface area contributed by atoms with Crippen LogP contribution in [0.1, 0.15) is 65.6 Å². The van der Waals surface area contributed by atoms with Crippen molar-refractivity contribution in [2.75, 3.05) is 0 Å². The molecule has 26 heavy (non-hydrogen) atoms. The van der Waals surface area contributed by atoms with Crippen LogP contribution >= 0.6 is 0 Å². The summed E-state index contributed by atoms with van der Waals surface area (Å²) in [5, 5.41) is 0. The van der Waals surface area contributed by atoms with Gasteiger partial charge in [0.05, 0.1) is 0 Å². The fourth-order valence-corrected chi connectivity index (χ4v) is 3.41. The Hall–Kier alpha value is -2.67. The molecule has 0 spiro atoms. The number of ketones is 1. The van der Waals surface area contributed by atoms with Gasteiger partial charge in [-0.2, -0.15) is 0 Å². The Labute approximate surface area is 156 Å². The van der Waals surface area contributed by atoms with Gasteiger partial charge in [0.1, 0.15) is 0 Å². The SMILES string of the molecule is CCCCCC(=O)c1ccc(C(c2ccccc2)c2ccccc2)cc1. The Morgan fingerprint density at radius 2 is 1.19 bits per heavy atom. The highest BCUT2D eigenvalue weighted by Crippen LogP contribution is 2.31. The molecule has 0 fully saturated rings. The molecule has 3 rings (SSSR count). The van der Waals surface area contributed by atoms with Gasteiger partial charge in [-0.25, -0.2) is 0 Å². The van der Waals surface area contributed by atoms with Crippen LogP contribution in [0.5, 0.6) is 0 Å². The molecule has 0 amide bonds. The smallest absolute Gasteiger partial charge is 0.162 e. The predicted molar refractivity (Wildman–Crippen MR) is 109 cm³/mol. The van der Waals surface area contributed by atoms with Crippen LogP contribution in [0.2, 0.25) is 0 Å². The van der Waals surface area contributed by atoms with E-state index in [1.54, 1.807) is 0 Å². The van der Waals surface area contributed by atoms with E-state index in [1.807, 2.05) is 24.3 Å². The number of unbranched alkanes of at least 4 members (excludes halogenated alkanes) is 2. The monoisotopic (exact) mass is 342 g/mol. The Balaban J connectivity index is 1.87. The molecule has 3 aromatic rings. The topological polar surface area (TPSA) is 17.1 Å². The third-order valence-corrected chi connectivity index (χ3v) is 4.84. The quantitative estimate of drug-likeness (QED) is 0.255. The third-order valence-electron chi connectivity index (χ3n) is 4.84. The Morgan fingerprint density at radius 3 is 1.69 bits per heavy atom. The van der Waals surface area contributed by atoms with Crippen molar-refractivity contribution in [1.29, 1.82) is 0 Å². The lowest BCUT2D eigenvalue weighted by Crippen LogP contribution is -2.04. The lowest BCUT2D eigenvalue weighted by atomic mass is 9.84. The number of hydrogen-bond acceptors (Lipinski definition) is 1. The van der Waals surface area contributed by atoms with Crippen molar-refractivity contribution >= 4 is 5.78 Å². The van der Waals surface area contributed by atoms with Gasteiger partial charge in [-0.15, -0.1) is 0 Å². The van der Waals surface area contributed by atoms with E-state index in [9.17, 15) is 4.79 Å². The minimum absolute atomic E-state index is 0.182. The summed E-state index contributed by atoms with van der Waals surface area (Å²) in [6.45, 7) is 2.16. The van der Waals surface area contributed by atoms with Gasteiger partial charge in [0.2, 0.25) is 0 Å². The number of Topliss-reactive ketones (excluding diaryl/α,β-unsaturated/α-hetero) is 1. The molecule has 0 bridgehead atoms. The Kier molecular flexibility index (Phi) is 6.38. The number of rotatable bonds is 8. The summed E-state index contributed by atoms with van der Waals surface area (Å²) in [6.07, 6.45) is 3.89. The summed E-state index contributed by atoms with van der Waals surface area (Å²) in [7, 11) is 0. The first-order valence-electron chi connectivity index (χ1n) is 9.52. The lowest BCUT2D eigenvalue weighted by Gasteiger charge is -2.19. The average molecular weight is 342 g/mol. The van der Waals surface area contributed by atoms with Crippen LogP contribution in [0.4, 0.5) is 0 Å². The largest absolute Gasteiger partial charge is 0.294 e. The zero-order valence-electron chi connectivity index (χ0n) is 15.4. The van der Waals surface area contributed by atoms with E-state index in [1.165, 1.54) is 16.7 Å². The maximum absolute atomic E-state index is 12.3. The van der Waals surface area contributed by atoms with Gasteiger partial charge >= 0.3 is 0 Å². The van der Waals surface area contributed by atoms with Crippen LogP contribution in [0.25, 0.3) is 0 Å². The number of carbonyl (C=O) groups is 1. The van der Waals surface area contributed by atoms with Gasteiger partial charge in [0.15, 0.2) is 5.78 Å². The van der Waals surface area contributed by atoms with E-state index in [2.05, 4.69) is 67.6 Å². The second-order valence-corrected chi connectivity index (χ2v) is 6.76. The van der Waals surface area contributed by atoms with Crippen LogP contribution in [-0.4, -0.2) is 5.78 Å². The first kappa shape index (κ1) is 18.1. The molecular weight excluding hydrogens is 316 g/mol. The molecule has 0 aliphatic rings. The molecule has 3 aromatic carbocycles. The highest BCUT2D eigenvalue weighted by atomic mass is 16.1. The number of carbonyl (C=O) groups excluding carboxylic acids is 1. The molecule has 0 heterocycles. The van der Waals surface area contributed by atoms with E-state index in [0.29, 0.717) is 6.42 Å². The van der Waals surface area contributed by atoms with Gasteiger partial charge in [0.25, 0.3) is 0 Å². The van der Waals surface area contributed by atoms with Gasteiger partial charge in [0, 0.05) is 17.9 Å². The van der Waals surface area contributed by atoms with E-state index in [0.717, 1.165) is 24.8 Å². The van der Waals surface area contributed by atoms with Crippen LogP contribution in [0, 0.1) is 0 Å². The number of benzene rings is 3. The lowest BCUT2D eigenvalue weighted by molar-refractivity contribution is 0.0979. The minimum Gasteiger partial charge on any atom is -0.294 e. The van der Waals surface area contributed by atoms with E-state index >= 15 is 0 Å². The van der Waals surface area contributed by atoms with Crippen molar-refractivity contribution < 1.29 is 4.79 Å². The van der Waals surface area contributed by atoms with Gasteiger partial charge in [-0.3, -0.25) is 4.79 Å². The average Bonchev–Trinajstić information content (AvgIpc) is 2.70. The van der Waals surface area contributed by atoms with Gasteiger partial charge in [-0.05, 0) is 23.1 Å². The molecule has 0 saturated heterocycles. The maximum Gasteiger partial charge on any atom is 0.162 e. The number of hydrogen-bond donors (Lipinski definition) is 0. The Bertz CT molecular complexity index is 764. The van der Waals surface area contributed by atoms with Crippen molar-refractivity contribution in [3.05, 3.63) is 107 Å². The van der Waals surface area contributed by atoms with Crippen molar-refractivity contribution in [2.45, 2.75) is 38.5 Å². The Morgan fingerprint density at radius 1 is 0.692 bits per heavy atom. The maximum atomic E-state index is 12.3. The van der Waals surface area contributed by atoms with Crippen LogP contribution in [0.15, 0.2) is 84.9 Å².